The number of alkyl halides is 3. The molecule has 1 heterocycles. The zero-order valence-electron chi connectivity index (χ0n) is 14.5. The van der Waals surface area contributed by atoms with Gasteiger partial charge in [-0.25, -0.2) is 4.68 Å². The number of anilines is 1. The van der Waals surface area contributed by atoms with Crippen molar-refractivity contribution in [3.05, 3.63) is 66.0 Å². The molecule has 0 saturated carbocycles. The first-order valence-corrected chi connectivity index (χ1v) is 8.37. The Morgan fingerprint density at radius 3 is 2.64 bits per heavy atom. The lowest BCUT2D eigenvalue weighted by molar-refractivity contribution is -0.136. The summed E-state index contributed by atoms with van der Waals surface area (Å²) in [5.41, 5.74) is 3.66. The van der Waals surface area contributed by atoms with Crippen molar-refractivity contribution >= 4 is 28.7 Å². The highest BCUT2D eigenvalue weighted by Crippen LogP contribution is 2.34. The molecule has 3 aromatic rings. The highest BCUT2D eigenvalue weighted by molar-refractivity contribution is 7.80. The Labute approximate surface area is 163 Å². The molecule has 0 unspecified atom stereocenters. The first kappa shape index (κ1) is 19.4. The van der Waals surface area contributed by atoms with E-state index >= 15 is 0 Å². The minimum absolute atomic E-state index is 0.0623. The maximum Gasteiger partial charge on any atom is 0.418 e. The smallest absolute Gasteiger partial charge is 0.331 e. The van der Waals surface area contributed by atoms with Gasteiger partial charge >= 0.3 is 6.18 Å². The molecule has 144 valence electrons. The topological polar surface area (TPSA) is 80.0 Å². The van der Waals surface area contributed by atoms with Gasteiger partial charge in [0, 0.05) is 0 Å². The molecular formula is C17H14F3N7S. The Hall–Kier alpha value is -3.34. The number of aromatic nitrogens is 4. The number of halogens is 3. The molecule has 0 aliphatic rings. The number of hydrogen-bond donors (Lipinski definition) is 2. The lowest BCUT2D eigenvalue weighted by Crippen LogP contribution is -2.26. The summed E-state index contributed by atoms with van der Waals surface area (Å²) in [7, 11) is 0. The Morgan fingerprint density at radius 2 is 1.93 bits per heavy atom. The van der Waals surface area contributed by atoms with Crippen LogP contribution < -0.4 is 10.7 Å². The lowest BCUT2D eigenvalue weighted by Gasteiger charge is -2.14. The van der Waals surface area contributed by atoms with Crippen LogP contribution in [0.4, 0.5) is 18.9 Å². The second-order valence-corrected chi connectivity index (χ2v) is 6.02. The van der Waals surface area contributed by atoms with Crippen LogP contribution in [-0.2, 0) is 6.18 Å². The van der Waals surface area contributed by atoms with Crippen molar-refractivity contribution in [2.24, 2.45) is 5.10 Å². The third-order valence-corrected chi connectivity index (χ3v) is 3.88. The van der Waals surface area contributed by atoms with Gasteiger partial charge in [0.1, 0.15) is 6.33 Å². The Morgan fingerprint density at radius 1 is 1.14 bits per heavy atom. The average molecular weight is 405 g/mol. The number of thiocarbonyl (C=S) groups is 1. The summed E-state index contributed by atoms with van der Waals surface area (Å²) in [5.74, 6) is 0. The number of nitrogens with one attached hydrogen (secondary N) is 2. The quantitative estimate of drug-likeness (QED) is 0.394. The van der Waals surface area contributed by atoms with E-state index in [9.17, 15) is 13.2 Å². The van der Waals surface area contributed by atoms with Crippen LogP contribution in [0.3, 0.4) is 0 Å². The second-order valence-electron chi connectivity index (χ2n) is 5.61. The number of tetrazole rings is 1. The van der Waals surface area contributed by atoms with E-state index in [4.69, 9.17) is 12.2 Å². The normalized spacial score (nSPS) is 11.9. The number of para-hydroxylation sites is 1. The van der Waals surface area contributed by atoms with Crippen molar-refractivity contribution in [2.45, 2.75) is 13.1 Å². The van der Waals surface area contributed by atoms with Gasteiger partial charge in [0.15, 0.2) is 5.11 Å². The summed E-state index contributed by atoms with van der Waals surface area (Å²) in [6, 6.07) is 12.3. The molecule has 7 nitrogen and oxygen atoms in total. The molecule has 11 heteroatoms. The molecule has 3 rings (SSSR count). The summed E-state index contributed by atoms with van der Waals surface area (Å²) in [5, 5.41) is 17.6. The van der Waals surface area contributed by atoms with E-state index in [1.165, 1.54) is 29.2 Å². The van der Waals surface area contributed by atoms with E-state index in [2.05, 4.69) is 31.4 Å². The predicted molar refractivity (Wildman–Crippen MR) is 102 cm³/mol. The van der Waals surface area contributed by atoms with Crippen molar-refractivity contribution in [3.8, 4) is 5.69 Å². The standard InChI is InChI=1S/C17H14F3N7S/c1-11(12-5-4-6-13(9-12)27-10-21-25-26-27)23-24-16(28)22-15-8-3-2-7-14(15)17(18,19)20/h2-10H,1H3,(H2,22,24,28)/b23-11-. The molecule has 2 N–H and O–H groups in total. The summed E-state index contributed by atoms with van der Waals surface area (Å²) in [6.45, 7) is 1.73. The van der Waals surface area contributed by atoms with Gasteiger partial charge in [-0.1, -0.05) is 24.3 Å². The molecule has 0 radical (unpaired) electrons. The van der Waals surface area contributed by atoms with Crippen LogP contribution in [0.2, 0.25) is 0 Å². The first-order chi connectivity index (χ1) is 13.3. The first-order valence-electron chi connectivity index (χ1n) is 7.96. The van der Waals surface area contributed by atoms with Gasteiger partial charge in [-0.05, 0) is 59.4 Å². The summed E-state index contributed by atoms with van der Waals surface area (Å²) < 4.78 is 40.6. The van der Waals surface area contributed by atoms with Gasteiger partial charge in [0.25, 0.3) is 0 Å². The fourth-order valence-electron chi connectivity index (χ4n) is 2.34. The molecule has 1 aromatic heterocycles. The zero-order valence-corrected chi connectivity index (χ0v) is 15.3. The van der Waals surface area contributed by atoms with Crippen LogP contribution in [-0.4, -0.2) is 31.0 Å². The monoisotopic (exact) mass is 405 g/mol. The summed E-state index contributed by atoms with van der Waals surface area (Å²) in [4.78, 5) is 0. The molecule has 2 aromatic carbocycles. The summed E-state index contributed by atoms with van der Waals surface area (Å²) in [6.07, 6.45) is -3.03. The fraction of sp³-hybridized carbons (Fsp3) is 0.118. The maximum absolute atomic E-state index is 13.0. The average Bonchev–Trinajstić information content (AvgIpc) is 3.20. The van der Waals surface area contributed by atoms with Gasteiger partial charge in [0.05, 0.1) is 22.6 Å². The summed E-state index contributed by atoms with van der Waals surface area (Å²) >= 11 is 5.05. The number of nitrogens with zero attached hydrogens (tertiary/aromatic N) is 5. The van der Waals surface area contributed by atoms with Crippen LogP contribution in [0.1, 0.15) is 18.1 Å². The van der Waals surface area contributed by atoms with Gasteiger partial charge in [-0.2, -0.15) is 18.3 Å². The molecule has 0 saturated heterocycles. The van der Waals surface area contributed by atoms with E-state index in [0.29, 0.717) is 5.71 Å². The number of rotatable bonds is 4. The van der Waals surface area contributed by atoms with E-state index < -0.39 is 11.7 Å². The lowest BCUT2D eigenvalue weighted by atomic mass is 10.1. The zero-order chi connectivity index (χ0) is 20.1. The molecule has 0 atom stereocenters. The highest BCUT2D eigenvalue weighted by Gasteiger charge is 2.33. The van der Waals surface area contributed by atoms with Crippen molar-refractivity contribution in [1.29, 1.82) is 0 Å². The van der Waals surface area contributed by atoms with Gasteiger partial charge < -0.3 is 5.32 Å². The predicted octanol–water partition coefficient (Wildman–Crippen LogP) is 3.39. The molecule has 28 heavy (non-hydrogen) atoms. The molecule has 0 amide bonds. The number of hydrogen-bond acceptors (Lipinski definition) is 5. The van der Waals surface area contributed by atoms with Crippen LogP contribution in [0.25, 0.3) is 5.69 Å². The SMILES string of the molecule is C/C(=N/NC(=S)Nc1ccccc1C(F)(F)F)c1cccc(-n2cnnn2)c1. The van der Waals surface area contributed by atoms with E-state index in [1.54, 1.807) is 6.92 Å². The molecular weight excluding hydrogens is 391 g/mol. The van der Waals surface area contributed by atoms with Gasteiger partial charge in [-0.3, -0.25) is 5.43 Å². The molecule has 0 aliphatic heterocycles. The van der Waals surface area contributed by atoms with Crippen LogP contribution in [0.5, 0.6) is 0 Å². The maximum atomic E-state index is 13.0. The molecule has 0 bridgehead atoms. The van der Waals surface area contributed by atoms with Crippen molar-refractivity contribution < 1.29 is 13.2 Å². The number of benzene rings is 2. The Bertz CT molecular complexity index is 1000. The third-order valence-electron chi connectivity index (χ3n) is 3.68. The minimum atomic E-state index is -4.49. The van der Waals surface area contributed by atoms with E-state index in [1.807, 2.05) is 24.3 Å². The van der Waals surface area contributed by atoms with Crippen molar-refractivity contribution in [3.63, 3.8) is 0 Å². The van der Waals surface area contributed by atoms with Crippen LogP contribution >= 0.6 is 12.2 Å². The van der Waals surface area contributed by atoms with Crippen molar-refractivity contribution in [1.82, 2.24) is 25.6 Å². The van der Waals surface area contributed by atoms with Crippen LogP contribution in [0.15, 0.2) is 60.0 Å². The highest BCUT2D eigenvalue weighted by atomic mass is 32.1. The molecule has 0 spiro atoms. The minimum Gasteiger partial charge on any atom is -0.331 e. The van der Waals surface area contributed by atoms with Gasteiger partial charge in [0.2, 0.25) is 0 Å². The number of hydrazone groups is 1. The fourth-order valence-corrected chi connectivity index (χ4v) is 2.50. The van der Waals surface area contributed by atoms with Gasteiger partial charge in [-0.15, -0.1) is 5.10 Å². The van der Waals surface area contributed by atoms with Crippen molar-refractivity contribution in [2.75, 3.05) is 5.32 Å². The molecule has 0 fully saturated rings. The third kappa shape index (κ3) is 4.68. The Balaban J connectivity index is 1.71. The Kier molecular flexibility index (Phi) is 5.64. The van der Waals surface area contributed by atoms with Crippen LogP contribution in [0, 0.1) is 0 Å². The van der Waals surface area contributed by atoms with E-state index in [-0.39, 0.29) is 10.8 Å². The largest absolute Gasteiger partial charge is 0.418 e. The van der Waals surface area contributed by atoms with E-state index in [0.717, 1.165) is 17.3 Å². The second kappa shape index (κ2) is 8.13. The molecule has 0 aliphatic carbocycles.